The van der Waals surface area contributed by atoms with E-state index < -0.39 is 11.4 Å². The van der Waals surface area contributed by atoms with Gasteiger partial charge in [-0.1, -0.05) is 15.9 Å². The zero-order valence-corrected chi connectivity index (χ0v) is 13.2. The van der Waals surface area contributed by atoms with Crippen LogP contribution in [-0.2, 0) is 22.6 Å². The second kappa shape index (κ2) is 6.39. The fourth-order valence-electron chi connectivity index (χ4n) is 1.85. The zero-order chi connectivity index (χ0) is 14.6. The maximum Gasteiger partial charge on any atom is 0.309 e. The normalized spacial score (nSPS) is 11.4. The number of hydrogen-bond acceptors (Lipinski definition) is 3. The van der Waals surface area contributed by atoms with Gasteiger partial charge in [-0.05, 0) is 38.0 Å². The van der Waals surface area contributed by atoms with Gasteiger partial charge in [-0.2, -0.15) is 0 Å². The summed E-state index contributed by atoms with van der Waals surface area (Å²) in [5, 5.41) is 9.26. The average molecular weight is 331 g/mol. The van der Waals surface area contributed by atoms with Crippen molar-refractivity contribution < 1.29 is 19.4 Å². The number of benzene rings is 1. The van der Waals surface area contributed by atoms with Crippen molar-refractivity contribution in [2.75, 3.05) is 14.2 Å². The Bertz CT molecular complexity index is 469. The highest BCUT2D eigenvalue weighted by Crippen LogP contribution is 2.33. The lowest BCUT2D eigenvalue weighted by Gasteiger charge is -2.23. The minimum absolute atomic E-state index is 0.386. The third-order valence-corrected chi connectivity index (χ3v) is 3.44. The van der Waals surface area contributed by atoms with Crippen LogP contribution in [0.4, 0.5) is 0 Å². The minimum Gasteiger partial charge on any atom is -0.496 e. The number of carboxylic acid groups (broad SMARTS) is 1. The van der Waals surface area contributed by atoms with Gasteiger partial charge in [-0.25, -0.2) is 0 Å². The van der Waals surface area contributed by atoms with Crippen molar-refractivity contribution in [3.05, 3.63) is 27.7 Å². The van der Waals surface area contributed by atoms with Gasteiger partial charge in [0.15, 0.2) is 0 Å². The van der Waals surface area contributed by atoms with Gasteiger partial charge >= 0.3 is 5.97 Å². The molecule has 0 unspecified atom stereocenters. The monoisotopic (exact) mass is 330 g/mol. The minimum atomic E-state index is -0.858. The number of rotatable bonds is 6. The Balaban J connectivity index is 3.26. The molecule has 1 N–H and O–H groups in total. The van der Waals surface area contributed by atoms with Crippen LogP contribution in [0.5, 0.6) is 5.75 Å². The van der Waals surface area contributed by atoms with Crippen molar-refractivity contribution in [2.45, 2.75) is 26.9 Å². The summed E-state index contributed by atoms with van der Waals surface area (Å²) in [5.41, 5.74) is 0.951. The lowest BCUT2D eigenvalue weighted by molar-refractivity contribution is -0.146. The third kappa shape index (κ3) is 3.94. The summed E-state index contributed by atoms with van der Waals surface area (Å²) in [7, 11) is 3.19. The van der Waals surface area contributed by atoms with Crippen LogP contribution < -0.4 is 4.74 Å². The first kappa shape index (κ1) is 16.0. The highest BCUT2D eigenvalue weighted by molar-refractivity contribution is 9.10. The van der Waals surface area contributed by atoms with Crippen LogP contribution in [0.1, 0.15) is 25.0 Å². The number of ether oxygens (including phenoxy) is 2. The van der Waals surface area contributed by atoms with Gasteiger partial charge in [0.25, 0.3) is 0 Å². The van der Waals surface area contributed by atoms with Crippen molar-refractivity contribution >= 4 is 21.9 Å². The standard InChI is InChI=1S/C14H19BrO4/c1-14(2,13(16)17)7-11-9(8-18-3)5-10(15)6-12(11)19-4/h5-6H,7-8H2,1-4H3,(H,16,17). The van der Waals surface area contributed by atoms with E-state index in [0.29, 0.717) is 18.8 Å². The largest absolute Gasteiger partial charge is 0.496 e. The molecule has 1 rings (SSSR count). The fourth-order valence-corrected chi connectivity index (χ4v) is 2.33. The Morgan fingerprint density at radius 2 is 2.00 bits per heavy atom. The molecule has 1 aromatic carbocycles. The molecule has 0 aliphatic heterocycles. The molecule has 1 aromatic rings. The predicted octanol–water partition coefficient (Wildman–Crippen LogP) is 3.26. The second-order valence-corrected chi connectivity index (χ2v) is 5.96. The Morgan fingerprint density at radius 1 is 1.37 bits per heavy atom. The number of halogens is 1. The van der Waals surface area contributed by atoms with E-state index in [1.165, 1.54) is 0 Å². The van der Waals surface area contributed by atoms with Crippen LogP contribution in [0.25, 0.3) is 0 Å². The van der Waals surface area contributed by atoms with Crippen molar-refractivity contribution in [1.82, 2.24) is 0 Å². The first-order valence-corrected chi connectivity index (χ1v) is 6.68. The molecule has 0 radical (unpaired) electrons. The van der Waals surface area contributed by atoms with Crippen LogP contribution in [0.15, 0.2) is 16.6 Å². The highest BCUT2D eigenvalue weighted by atomic mass is 79.9. The van der Waals surface area contributed by atoms with Gasteiger partial charge in [-0.3, -0.25) is 4.79 Å². The summed E-state index contributed by atoms with van der Waals surface area (Å²) in [6.45, 7) is 3.82. The van der Waals surface area contributed by atoms with Crippen LogP contribution in [0, 0.1) is 5.41 Å². The van der Waals surface area contributed by atoms with E-state index >= 15 is 0 Å². The molecule has 0 aromatic heterocycles. The molecule has 0 fully saturated rings. The topological polar surface area (TPSA) is 55.8 Å². The molecule has 5 heteroatoms. The van der Waals surface area contributed by atoms with E-state index in [-0.39, 0.29) is 0 Å². The number of carboxylic acids is 1. The number of carbonyl (C=O) groups is 1. The van der Waals surface area contributed by atoms with Gasteiger partial charge < -0.3 is 14.6 Å². The SMILES string of the molecule is COCc1cc(Br)cc(OC)c1CC(C)(C)C(=O)O. The van der Waals surface area contributed by atoms with Gasteiger partial charge in [0.2, 0.25) is 0 Å². The quantitative estimate of drug-likeness (QED) is 0.869. The molecule has 19 heavy (non-hydrogen) atoms. The van der Waals surface area contributed by atoms with Gasteiger partial charge in [0, 0.05) is 17.1 Å². The average Bonchev–Trinajstić information content (AvgIpc) is 2.32. The van der Waals surface area contributed by atoms with Crippen molar-refractivity contribution in [2.24, 2.45) is 5.41 Å². The van der Waals surface area contributed by atoms with Crippen molar-refractivity contribution in [3.63, 3.8) is 0 Å². The molecule has 0 amide bonds. The summed E-state index contributed by atoms with van der Waals surface area (Å²) in [4.78, 5) is 11.3. The van der Waals surface area contributed by atoms with E-state index in [1.807, 2.05) is 12.1 Å². The number of methoxy groups -OCH3 is 2. The summed E-state index contributed by atoms with van der Waals surface area (Å²) in [5.74, 6) is -0.156. The third-order valence-electron chi connectivity index (χ3n) is 2.98. The van der Waals surface area contributed by atoms with Crippen molar-refractivity contribution in [3.8, 4) is 5.75 Å². The van der Waals surface area contributed by atoms with Crippen LogP contribution in [0.3, 0.4) is 0 Å². The molecule has 0 aliphatic carbocycles. The van der Waals surface area contributed by atoms with E-state index in [0.717, 1.165) is 15.6 Å². The Kier molecular flexibility index (Phi) is 5.38. The molecular formula is C14H19BrO4. The van der Waals surface area contributed by atoms with Gasteiger partial charge in [-0.15, -0.1) is 0 Å². The summed E-state index contributed by atoms with van der Waals surface area (Å²) >= 11 is 3.41. The number of aliphatic carboxylic acids is 1. The maximum absolute atomic E-state index is 11.3. The van der Waals surface area contributed by atoms with E-state index in [4.69, 9.17) is 9.47 Å². The first-order chi connectivity index (χ1) is 8.81. The van der Waals surface area contributed by atoms with Gasteiger partial charge in [0.05, 0.1) is 19.1 Å². The fraction of sp³-hybridized carbons (Fsp3) is 0.500. The van der Waals surface area contributed by atoms with E-state index in [2.05, 4.69) is 15.9 Å². The van der Waals surface area contributed by atoms with Crippen LogP contribution in [-0.4, -0.2) is 25.3 Å². The van der Waals surface area contributed by atoms with E-state index in [9.17, 15) is 9.90 Å². The van der Waals surface area contributed by atoms with Crippen LogP contribution in [0.2, 0.25) is 0 Å². The Hall–Kier alpha value is -1.07. The molecular weight excluding hydrogens is 312 g/mol. The molecule has 0 saturated carbocycles. The van der Waals surface area contributed by atoms with E-state index in [1.54, 1.807) is 28.1 Å². The van der Waals surface area contributed by atoms with Crippen molar-refractivity contribution in [1.29, 1.82) is 0 Å². The smallest absolute Gasteiger partial charge is 0.309 e. The first-order valence-electron chi connectivity index (χ1n) is 5.89. The lowest BCUT2D eigenvalue weighted by Crippen LogP contribution is -2.27. The molecule has 4 nitrogen and oxygen atoms in total. The highest BCUT2D eigenvalue weighted by Gasteiger charge is 2.30. The van der Waals surface area contributed by atoms with Gasteiger partial charge in [0.1, 0.15) is 5.75 Å². The molecule has 0 saturated heterocycles. The summed E-state index contributed by atoms with van der Waals surface area (Å²) in [6, 6.07) is 3.77. The second-order valence-electron chi connectivity index (χ2n) is 5.04. The number of hydrogen-bond donors (Lipinski definition) is 1. The molecule has 0 atom stereocenters. The maximum atomic E-state index is 11.3. The zero-order valence-electron chi connectivity index (χ0n) is 11.6. The Morgan fingerprint density at radius 3 is 2.47 bits per heavy atom. The molecule has 106 valence electrons. The summed E-state index contributed by atoms with van der Waals surface area (Å²) < 4.78 is 11.4. The summed E-state index contributed by atoms with van der Waals surface area (Å²) in [6.07, 6.45) is 0.386. The Labute approximate surface area is 121 Å². The molecule has 0 heterocycles. The predicted molar refractivity (Wildman–Crippen MR) is 76.5 cm³/mol. The lowest BCUT2D eigenvalue weighted by atomic mass is 9.84. The molecule has 0 spiro atoms. The molecule has 0 bridgehead atoms. The van der Waals surface area contributed by atoms with Crippen LogP contribution >= 0.6 is 15.9 Å². The molecule has 0 aliphatic rings.